The second-order valence-corrected chi connectivity index (χ2v) is 5.71. The van der Waals surface area contributed by atoms with E-state index in [0.717, 1.165) is 11.6 Å². The predicted octanol–water partition coefficient (Wildman–Crippen LogP) is 2.37. The van der Waals surface area contributed by atoms with Crippen molar-refractivity contribution >= 4 is 27.8 Å². The number of nitrogen functional groups attached to an aromatic ring is 1. The van der Waals surface area contributed by atoms with Crippen LogP contribution in [-0.2, 0) is 6.54 Å². The minimum atomic E-state index is 0.394. The largest absolute Gasteiger partial charge is 0.374 e. The lowest BCUT2D eigenvalue weighted by molar-refractivity contribution is 0.255. The van der Waals surface area contributed by atoms with Crippen molar-refractivity contribution in [2.45, 2.75) is 19.5 Å². The van der Waals surface area contributed by atoms with Gasteiger partial charge in [0.15, 0.2) is 0 Å². The van der Waals surface area contributed by atoms with Gasteiger partial charge < -0.3 is 5.73 Å². The van der Waals surface area contributed by atoms with Crippen LogP contribution in [0.1, 0.15) is 22.9 Å². The van der Waals surface area contributed by atoms with Crippen molar-refractivity contribution in [3.05, 3.63) is 27.4 Å². The van der Waals surface area contributed by atoms with E-state index in [4.69, 9.17) is 5.73 Å². The summed E-state index contributed by atoms with van der Waals surface area (Å²) < 4.78 is 0. The Morgan fingerprint density at radius 2 is 2.31 bits per heavy atom. The molecule has 0 spiro atoms. The Hall–Kier alpha value is -0.980. The zero-order valence-corrected chi connectivity index (χ0v) is 10.9. The van der Waals surface area contributed by atoms with Crippen LogP contribution in [0.4, 0.5) is 5.13 Å². The highest BCUT2D eigenvalue weighted by Gasteiger charge is 2.14. The number of rotatable bonds is 4. The maximum atomic E-state index is 5.55. The summed E-state index contributed by atoms with van der Waals surface area (Å²) in [5.74, 6) is 0. The van der Waals surface area contributed by atoms with Crippen molar-refractivity contribution in [3.8, 4) is 0 Å². The predicted molar refractivity (Wildman–Crippen MR) is 68.5 cm³/mol. The van der Waals surface area contributed by atoms with Gasteiger partial charge in [-0.2, -0.15) is 0 Å². The van der Waals surface area contributed by atoms with Gasteiger partial charge in [0.2, 0.25) is 5.13 Å². The van der Waals surface area contributed by atoms with E-state index < -0.39 is 0 Å². The average molecular weight is 254 g/mol. The number of hydrogen-bond acceptors (Lipinski definition) is 6. The van der Waals surface area contributed by atoms with Crippen molar-refractivity contribution in [1.29, 1.82) is 0 Å². The third-order valence-corrected chi connectivity index (χ3v) is 4.26. The standard InChI is InChI=1S/C10H14N4S2/c1-7(8-4-3-5-15-8)14(2)6-9-12-13-10(11)16-9/h3-5,7H,6H2,1-2H3,(H2,11,13). The van der Waals surface area contributed by atoms with E-state index in [1.54, 1.807) is 11.3 Å². The molecule has 2 aromatic heterocycles. The molecule has 0 aliphatic heterocycles. The molecule has 6 heteroatoms. The first-order chi connectivity index (χ1) is 7.66. The lowest BCUT2D eigenvalue weighted by atomic mass is 10.2. The maximum absolute atomic E-state index is 5.55. The first kappa shape index (κ1) is 11.5. The van der Waals surface area contributed by atoms with Crippen LogP contribution in [0.15, 0.2) is 17.5 Å². The first-order valence-corrected chi connectivity index (χ1v) is 6.68. The van der Waals surface area contributed by atoms with Crippen LogP contribution in [0.25, 0.3) is 0 Å². The molecule has 2 aromatic rings. The summed E-state index contributed by atoms with van der Waals surface area (Å²) in [4.78, 5) is 3.60. The van der Waals surface area contributed by atoms with E-state index in [9.17, 15) is 0 Å². The number of hydrogen-bond donors (Lipinski definition) is 1. The normalized spacial score (nSPS) is 13.2. The van der Waals surface area contributed by atoms with Gasteiger partial charge in [-0.05, 0) is 25.4 Å². The summed E-state index contributed by atoms with van der Waals surface area (Å²) in [6.45, 7) is 2.98. The second-order valence-electron chi connectivity index (χ2n) is 3.64. The molecule has 0 saturated carbocycles. The Labute approximate surface area is 103 Å². The third kappa shape index (κ3) is 2.58. The third-order valence-electron chi connectivity index (χ3n) is 2.48. The summed E-state index contributed by atoms with van der Waals surface area (Å²) in [5.41, 5.74) is 5.55. The molecule has 1 atom stereocenters. The zero-order valence-electron chi connectivity index (χ0n) is 9.25. The molecule has 0 radical (unpaired) electrons. The molecule has 1 unspecified atom stereocenters. The SMILES string of the molecule is CC(c1cccs1)N(C)Cc1nnc(N)s1. The van der Waals surface area contributed by atoms with Crippen LogP contribution in [0.2, 0.25) is 0 Å². The molecule has 86 valence electrons. The fourth-order valence-electron chi connectivity index (χ4n) is 1.43. The quantitative estimate of drug-likeness (QED) is 0.910. The minimum absolute atomic E-state index is 0.394. The second kappa shape index (κ2) is 4.90. The molecule has 0 fully saturated rings. The summed E-state index contributed by atoms with van der Waals surface area (Å²) in [6.07, 6.45) is 0. The van der Waals surface area contributed by atoms with Gasteiger partial charge in [-0.3, -0.25) is 4.90 Å². The number of nitrogens with zero attached hydrogens (tertiary/aromatic N) is 3. The van der Waals surface area contributed by atoms with Gasteiger partial charge in [0, 0.05) is 10.9 Å². The highest BCUT2D eigenvalue weighted by molar-refractivity contribution is 7.15. The van der Waals surface area contributed by atoms with Gasteiger partial charge >= 0.3 is 0 Å². The first-order valence-electron chi connectivity index (χ1n) is 4.98. The van der Waals surface area contributed by atoms with Crippen molar-refractivity contribution in [3.63, 3.8) is 0 Å². The molecule has 0 amide bonds. The van der Waals surface area contributed by atoms with E-state index in [0.29, 0.717) is 11.2 Å². The highest BCUT2D eigenvalue weighted by Crippen LogP contribution is 2.25. The number of thiophene rings is 1. The Kier molecular flexibility index (Phi) is 3.52. The van der Waals surface area contributed by atoms with Crippen LogP contribution < -0.4 is 5.73 Å². The summed E-state index contributed by atoms with van der Waals surface area (Å²) in [5, 5.41) is 11.4. The smallest absolute Gasteiger partial charge is 0.203 e. The molecule has 2 rings (SSSR count). The topological polar surface area (TPSA) is 55.0 Å². The molecule has 16 heavy (non-hydrogen) atoms. The van der Waals surface area contributed by atoms with E-state index >= 15 is 0 Å². The lowest BCUT2D eigenvalue weighted by Gasteiger charge is -2.22. The van der Waals surface area contributed by atoms with Gasteiger partial charge in [0.05, 0.1) is 6.54 Å². The van der Waals surface area contributed by atoms with Gasteiger partial charge in [-0.25, -0.2) is 0 Å². The number of aromatic nitrogens is 2. The zero-order chi connectivity index (χ0) is 11.5. The van der Waals surface area contributed by atoms with Gasteiger partial charge in [0.25, 0.3) is 0 Å². The van der Waals surface area contributed by atoms with Gasteiger partial charge in [-0.15, -0.1) is 21.5 Å². The van der Waals surface area contributed by atoms with Gasteiger partial charge in [0.1, 0.15) is 5.01 Å². The molecular weight excluding hydrogens is 240 g/mol. The fourth-order valence-corrected chi connectivity index (χ4v) is 2.95. The van der Waals surface area contributed by atoms with E-state index in [1.807, 2.05) is 0 Å². The molecule has 0 saturated heterocycles. The molecule has 0 aliphatic carbocycles. The number of anilines is 1. The number of nitrogens with two attached hydrogens (primary N) is 1. The molecule has 0 aromatic carbocycles. The van der Waals surface area contributed by atoms with Gasteiger partial charge in [-0.1, -0.05) is 17.4 Å². The lowest BCUT2D eigenvalue weighted by Crippen LogP contribution is -2.21. The Morgan fingerprint density at radius 3 is 2.88 bits per heavy atom. The van der Waals surface area contributed by atoms with Crippen molar-refractivity contribution in [1.82, 2.24) is 15.1 Å². The van der Waals surface area contributed by atoms with Crippen LogP contribution in [0.3, 0.4) is 0 Å². The van der Waals surface area contributed by atoms with E-state index in [1.165, 1.54) is 16.2 Å². The molecular formula is C10H14N4S2. The minimum Gasteiger partial charge on any atom is -0.374 e. The summed E-state index contributed by atoms with van der Waals surface area (Å²) in [7, 11) is 2.09. The highest BCUT2D eigenvalue weighted by atomic mass is 32.1. The monoisotopic (exact) mass is 254 g/mol. The van der Waals surface area contributed by atoms with Crippen LogP contribution in [0, 0.1) is 0 Å². The molecule has 2 N–H and O–H groups in total. The Balaban J connectivity index is 2.00. The average Bonchev–Trinajstić information content (AvgIpc) is 2.88. The summed E-state index contributed by atoms with van der Waals surface area (Å²) >= 11 is 3.22. The molecule has 2 heterocycles. The van der Waals surface area contributed by atoms with E-state index in [2.05, 4.69) is 46.6 Å². The van der Waals surface area contributed by atoms with Crippen molar-refractivity contribution in [2.24, 2.45) is 0 Å². The molecule has 0 bridgehead atoms. The molecule has 4 nitrogen and oxygen atoms in total. The van der Waals surface area contributed by atoms with Crippen molar-refractivity contribution in [2.75, 3.05) is 12.8 Å². The molecule has 0 aliphatic rings. The van der Waals surface area contributed by atoms with Crippen LogP contribution in [0.5, 0.6) is 0 Å². The van der Waals surface area contributed by atoms with E-state index in [-0.39, 0.29) is 0 Å². The summed E-state index contributed by atoms with van der Waals surface area (Å²) in [6, 6.07) is 4.62. The van der Waals surface area contributed by atoms with Crippen LogP contribution >= 0.6 is 22.7 Å². The van der Waals surface area contributed by atoms with Crippen LogP contribution in [-0.4, -0.2) is 22.1 Å². The fraction of sp³-hybridized carbons (Fsp3) is 0.400. The van der Waals surface area contributed by atoms with Crippen molar-refractivity contribution < 1.29 is 0 Å². The Morgan fingerprint density at radius 1 is 1.50 bits per heavy atom. The Bertz CT molecular complexity index is 437. The maximum Gasteiger partial charge on any atom is 0.203 e.